The molecule has 1 atom stereocenters. The Kier molecular flexibility index (Phi) is 9.41. The van der Waals surface area contributed by atoms with Gasteiger partial charge in [0.05, 0.1) is 17.7 Å². The van der Waals surface area contributed by atoms with Crippen LogP contribution < -0.4 is 10.6 Å². The lowest BCUT2D eigenvalue weighted by Crippen LogP contribution is -2.41. The van der Waals surface area contributed by atoms with Gasteiger partial charge in [-0.1, -0.05) is 59.6 Å². The lowest BCUT2D eigenvalue weighted by atomic mass is 9.99. The maximum atomic E-state index is 13.3. The van der Waals surface area contributed by atoms with Crippen LogP contribution in [0.2, 0.25) is 10.0 Å². The van der Waals surface area contributed by atoms with Crippen LogP contribution in [0.3, 0.4) is 0 Å². The number of hydrogen-bond donors (Lipinski definition) is 2. The minimum Gasteiger partial charge on any atom is -0.327 e. The Hall–Kier alpha value is -3.37. The molecule has 1 fully saturated rings. The molecule has 1 saturated carbocycles. The third-order valence-electron chi connectivity index (χ3n) is 6.61. The molecule has 3 aromatic rings. The van der Waals surface area contributed by atoms with Gasteiger partial charge in [0.1, 0.15) is 6.54 Å². The van der Waals surface area contributed by atoms with Gasteiger partial charge in [-0.3, -0.25) is 9.59 Å². The summed E-state index contributed by atoms with van der Waals surface area (Å²) in [6, 6.07) is 21.9. The molecule has 8 heteroatoms. The molecule has 0 aromatic heterocycles. The molecule has 1 aliphatic rings. The topological polar surface area (TPSA) is 85.2 Å². The SMILES string of the molecule is C[C@@H](c1ccc(-c2cccc(C#N)c2)cc1)N(CC(=O)Nc1cc(Cl)cc(Cl)c1)C(=O)CCNCC1CC1. The molecule has 0 heterocycles. The lowest BCUT2D eigenvalue weighted by molar-refractivity contribution is -0.136. The van der Waals surface area contributed by atoms with Crippen LogP contribution in [0, 0.1) is 17.2 Å². The van der Waals surface area contributed by atoms with E-state index in [1.54, 1.807) is 29.2 Å². The second-order valence-corrected chi connectivity index (χ2v) is 10.5. The molecule has 196 valence electrons. The highest BCUT2D eigenvalue weighted by molar-refractivity contribution is 6.35. The van der Waals surface area contributed by atoms with Crippen molar-refractivity contribution in [2.75, 3.05) is 25.0 Å². The second kappa shape index (κ2) is 12.9. The molecule has 0 bridgehead atoms. The van der Waals surface area contributed by atoms with E-state index in [-0.39, 0.29) is 24.4 Å². The standard InChI is InChI=1S/C30H30Cl2N4O2/c1-20(23-7-9-24(10-8-23)25-4-2-3-22(13-25)17-33)36(30(38)11-12-34-18-21-5-6-21)19-29(37)35-28-15-26(31)14-27(32)16-28/h2-4,7-10,13-16,20-21,34H,5-6,11-12,18-19H2,1H3,(H,35,37)/t20-/m0/s1. The number of rotatable bonds is 11. The number of amides is 2. The van der Waals surface area contributed by atoms with E-state index in [1.165, 1.54) is 12.8 Å². The number of carbonyl (C=O) groups excluding carboxylic acids is 2. The Balaban J connectivity index is 1.48. The maximum Gasteiger partial charge on any atom is 0.244 e. The average molecular weight is 550 g/mol. The number of anilines is 1. The van der Waals surface area contributed by atoms with Gasteiger partial charge in [-0.25, -0.2) is 0 Å². The summed E-state index contributed by atoms with van der Waals surface area (Å²) >= 11 is 12.1. The van der Waals surface area contributed by atoms with Crippen molar-refractivity contribution in [1.29, 1.82) is 5.26 Å². The van der Waals surface area contributed by atoms with Gasteiger partial charge in [-0.05, 0) is 79.3 Å². The van der Waals surface area contributed by atoms with Crippen molar-refractivity contribution in [3.8, 4) is 17.2 Å². The molecule has 38 heavy (non-hydrogen) atoms. The first kappa shape index (κ1) is 27.7. The average Bonchev–Trinajstić information content (AvgIpc) is 3.73. The van der Waals surface area contributed by atoms with Gasteiger partial charge in [0, 0.05) is 28.7 Å². The first-order valence-electron chi connectivity index (χ1n) is 12.7. The van der Waals surface area contributed by atoms with Gasteiger partial charge in [0.2, 0.25) is 11.8 Å². The summed E-state index contributed by atoms with van der Waals surface area (Å²) in [6.07, 6.45) is 2.79. The van der Waals surface area contributed by atoms with Crippen molar-refractivity contribution >= 4 is 40.7 Å². The number of nitrogens with zero attached hydrogens (tertiary/aromatic N) is 2. The third kappa shape index (κ3) is 7.82. The maximum absolute atomic E-state index is 13.3. The summed E-state index contributed by atoms with van der Waals surface area (Å²) in [5.74, 6) is 0.285. The van der Waals surface area contributed by atoms with Crippen LogP contribution in [-0.2, 0) is 9.59 Å². The van der Waals surface area contributed by atoms with Crippen molar-refractivity contribution in [3.63, 3.8) is 0 Å². The predicted molar refractivity (Wildman–Crippen MR) is 152 cm³/mol. The minimum atomic E-state index is -0.334. The van der Waals surface area contributed by atoms with E-state index in [9.17, 15) is 14.9 Å². The van der Waals surface area contributed by atoms with Gasteiger partial charge in [0.15, 0.2) is 0 Å². The fraction of sp³-hybridized carbons (Fsp3) is 0.300. The molecule has 4 rings (SSSR count). The minimum absolute atomic E-state index is 0.106. The molecule has 0 aliphatic heterocycles. The van der Waals surface area contributed by atoms with E-state index < -0.39 is 0 Å². The number of benzene rings is 3. The van der Waals surface area contributed by atoms with Crippen molar-refractivity contribution in [1.82, 2.24) is 10.2 Å². The molecule has 0 radical (unpaired) electrons. The Labute approximate surface area is 233 Å². The number of hydrogen-bond acceptors (Lipinski definition) is 4. The van der Waals surface area contributed by atoms with Gasteiger partial charge in [-0.15, -0.1) is 0 Å². The summed E-state index contributed by atoms with van der Waals surface area (Å²) in [5.41, 5.74) is 3.89. The van der Waals surface area contributed by atoms with E-state index >= 15 is 0 Å². The fourth-order valence-corrected chi connectivity index (χ4v) is 4.82. The smallest absolute Gasteiger partial charge is 0.244 e. The van der Waals surface area contributed by atoms with Crippen LogP contribution in [0.25, 0.3) is 11.1 Å². The van der Waals surface area contributed by atoms with Crippen molar-refractivity contribution < 1.29 is 9.59 Å². The number of nitriles is 1. The van der Waals surface area contributed by atoms with Crippen LogP contribution in [-0.4, -0.2) is 36.3 Å². The highest BCUT2D eigenvalue weighted by atomic mass is 35.5. The summed E-state index contributed by atoms with van der Waals surface area (Å²) in [6.45, 7) is 3.30. The van der Waals surface area contributed by atoms with Crippen molar-refractivity contribution in [2.45, 2.75) is 32.2 Å². The molecule has 6 nitrogen and oxygen atoms in total. The number of carbonyl (C=O) groups is 2. The zero-order chi connectivity index (χ0) is 27.1. The first-order valence-corrected chi connectivity index (χ1v) is 13.4. The molecular weight excluding hydrogens is 519 g/mol. The van der Waals surface area contributed by atoms with Gasteiger partial charge >= 0.3 is 0 Å². The summed E-state index contributed by atoms with van der Waals surface area (Å²) in [5, 5.41) is 16.2. The van der Waals surface area contributed by atoms with Crippen LogP contribution in [0.15, 0.2) is 66.7 Å². The molecule has 0 saturated heterocycles. The molecular formula is C30H30Cl2N4O2. The van der Waals surface area contributed by atoms with Gasteiger partial charge in [0.25, 0.3) is 0 Å². The van der Waals surface area contributed by atoms with E-state index in [2.05, 4.69) is 16.7 Å². The summed E-state index contributed by atoms with van der Waals surface area (Å²) < 4.78 is 0. The Bertz CT molecular complexity index is 1310. The Morgan fingerprint density at radius 1 is 1.03 bits per heavy atom. The molecule has 0 spiro atoms. The summed E-state index contributed by atoms with van der Waals surface area (Å²) in [4.78, 5) is 27.9. The quantitative estimate of drug-likeness (QED) is 0.269. The molecule has 1 aliphatic carbocycles. The van der Waals surface area contributed by atoms with Crippen LogP contribution in [0.4, 0.5) is 5.69 Å². The third-order valence-corrected chi connectivity index (χ3v) is 7.05. The number of halogens is 2. The second-order valence-electron chi connectivity index (χ2n) is 9.62. The van der Waals surface area contributed by atoms with Gasteiger partial charge in [-0.2, -0.15) is 5.26 Å². The van der Waals surface area contributed by atoms with Gasteiger partial charge < -0.3 is 15.5 Å². The highest BCUT2D eigenvalue weighted by Gasteiger charge is 2.25. The summed E-state index contributed by atoms with van der Waals surface area (Å²) in [7, 11) is 0. The zero-order valence-corrected chi connectivity index (χ0v) is 22.7. The molecule has 2 N–H and O–H groups in total. The van der Waals surface area contributed by atoms with E-state index in [1.807, 2.05) is 49.4 Å². The molecule has 0 unspecified atom stereocenters. The monoisotopic (exact) mass is 548 g/mol. The molecule has 3 aromatic carbocycles. The Morgan fingerprint density at radius 3 is 2.39 bits per heavy atom. The van der Waals surface area contributed by atoms with Crippen LogP contribution in [0.5, 0.6) is 0 Å². The largest absolute Gasteiger partial charge is 0.327 e. The molecule has 2 amide bonds. The first-order chi connectivity index (χ1) is 18.3. The van der Waals surface area contributed by atoms with Crippen LogP contribution in [0.1, 0.15) is 43.4 Å². The fourth-order valence-electron chi connectivity index (χ4n) is 4.29. The Morgan fingerprint density at radius 2 is 1.74 bits per heavy atom. The van der Waals surface area contributed by atoms with Crippen molar-refractivity contribution in [3.05, 3.63) is 87.9 Å². The lowest BCUT2D eigenvalue weighted by Gasteiger charge is -2.29. The van der Waals surface area contributed by atoms with Crippen LogP contribution >= 0.6 is 23.2 Å². The van der Waals surface area contributed by atoms with Crippen molar-refractivity contribution in [2.24, 2.45) is 5.92 Å². The predicted octanol–water partition coefficient (Wildman–Crippen LogP) is 6.45. The van der Waals surface area contributed by atoms with E-state index in [0.717, 1.165) is 29.2 Å². The normalized spacial score (nSPS) is 13.4. The number of nitrogens with one attached hydrogen (secondary N) is 2. The zero-order valence-electron chi connectivity index (χ0n) is 21.2. The van der Waals surface area contributed by atoms with E-state index in [0.29, 0.717) is 34.3 Å². The van der Waals surface area contributed by atoms with E-state index in [4.69, 9.17) is 23.2 Å². The highest BCUT2D eigenvalue weighted by Crippen LogP contribution is 2.28.